The second-order valence-electron chi connectivity index (χ2n) is 8.49. The van der Waals surface area contributed by atoms with Crippen molar-refractivity contribution in [2.75, 3.05) is 12.3 Å². The first-order valence-electron chi connectivity index (χ1n) is 11.3. The molecule has 1 aliphatic rings. The van der Waals surface area contributed by atoms with E-state index in [0.29, 0.717) is 22.3 Å². The lowest BCUT2D eigenvalue weighted by molar-refractivity contribution is -0.141. The number of imide groups is 1. The van der Waals surface area contributed by atoms with E-state index in [1.165, 1.54) is 24.3 Å². The van der Waals surface area contributed by atoms with Crippen LogP contribution >= 0.6 is 0 Å². The average molecular weight is 506 g/mol. The third kappa shape index (κ3) is 5.11. The second kappa shape index (κ2) is 10.2. The minimum atomic E-state index is -3.97. The lowest BCUT2D eigenvalue weighted by Gasteiger charge is -2.16. The molecule has 0 fully saturated rings. The highest BCUT2D eigenvalue weighted by Gasteiger charge is 2.35. The number of carbonyl (C=O) groups excluding carboxylic acids is 3. The predicted octanol–water partition coefficient (Wildman–Crippen LogP) is 3.47. The number of sulfone groups is 1. The zero-order chi connectivity index (χ0) is 25.9. The van der Waals surface area contributed by atoms with Crippen LogP contribution in [0.4, 0.5) is 0 Å². The van der Waals surface area contributed by atoms with Crippen LogP contribution in [-0.4, -0.2) is 54.3 Å². The maximum atomic E-state index is 12.9. The number of carbonyl (C=O) groups is 4. The molecule has 0 bridgehead atoms. The number of nitrogens with zero attached hydrogens (tertiary/aromatic N) is 1. The van der Waals surface area contributed by atoms with Gasteiger partial charge < -0.3 is 5.11 Å². The fourth-order valence-electron chi connectivity index (χ4n) is 4.15. The van der Waals surface area contributed by atoms with Gasteiger partial charge in [0.15, 0.2) is 15.6 Å². The van der Waals surface area contributed by atoms with Crippen molar-refractivity contribution >= 4 is 33.4 Å². The number of carboxylic acids is 1. The van der Waals surface area contributed by atoms with Crippen molar-refractivity contribution in [3.05, 3.63) is 101 Å². The molecule has 9 heteroatoms. The number of hydrogen-bond acceptors (Lipinski definition) is 6. The van der Waals surface area contributed by atoms with Crippen molar-refractivity contribution in [2.45, 2.75) is 17.7 Å². The average Bonchev–Trinajstić information content (AvgIpc) is 3.13. The maximum Gasteiger partial charge on any atom is 0.307 e. The quantitative estimate of drug-likeness (QED) is 0.330. The Kier molecular flexibility index (Phi) is 7.12. The summed E-state index contributed by atoms with van der Waals surface area (Å²) in [6, 6.07) is 20.4. The molecule has 2 amide bonds. The fourth-order valence-corrected chi connectivity index (χ4v) is 5.73. The van der Waals surface area contributed by atoms with Crippen LogP contribution in [0.3, 0.4) is 0 Å². The van der Waals surface area contributed by atoms with Crippen molar-refractivity contribution in [1.82, 2.24) is 4.90 Å². The van der Waals surface area contributed by atoms with Crippen LogP contribution in [0.2, 0.25) is 0 Å². The zero-order valence-corrected chi connectivity index (χ0v) is 20.0. The van der Waals surface area contributed by atoms with Crippen molar-refractivity contribution in [3.8, 4) is 0 Å². The van der Waals surface area contributed by atoms with Gasteiger partial charge in [-0.2, -0.15) is 0 Å². The lowest BCUT2D eigenvalue weighted by atomic mass is 10.0. The molecule has 184 valence electrons. The highest BCUT2D eigenvalue weighted by Crippen LogP contribution is 2.24. The topological polar surface area (TPSA) is 126 Å². The van der Waals surface area contributed by atoms with E-state index in [1.807, 2.05) is 0 Å². The Morgan fingerprint density at radius 2 is 1.31 bits per heavy atom. The summed E-state index contributed by atoms with van der Waals surface area (Å²) in [5.74, 6) is -4.29. The number of benzene rings is 3. The van der Waals surface area contributed by atoms with E-state index in [0.717, 1.165) is 4.90 Å². The maximum absolute atomic E-state index is 12.9. The molecule has 0 aliphatic carbocycles. The third-order valence-electron chi connectivity index (χ3n) is 6.09. The van der Waals surface area contributed by atoms with Gasteiger partial charge in [-0.15, -0.1) is 0 Å². The molecule has 3 aromatic carbocycles. The van der Waals surface area contributed by atoms with Gasteiger partial charge in [0.2, 0.25) is 0 Å². The molecule has 0 saturated carbocycles. The van der Waals surface area contributed by atoms with Gasteiger partial charge in [0.05, 0.1) is 27.7 Å². The first-order chi connectivity index (χ1) is 17.2. The Morgan fingerprint density at radius 1 is 0.778 bits per heavy atom. The first kappa shape index (κ1) is 25.0. The van der Waals surface area contributed by atoms with Gasteiger partial charge in [0.1, 0.15) is 0 Å². The second-order valence-corrected chi connectivity index (χ2v) is 10.5. The number of fused-ring (bicyclic) bond motifs is 1. The standard InChI is InChI=1S/C27H23NO7S/c29-24(18-7-2-1-3-8-18)19-12-14-21(15-13-19)36(34,35)17-20(27(32)33)9-6-16-28-25(30)22-10-4-5-11-23(22)26(28)31/h1-5,7-8,10-15,20H,6,9,16-17H2,(H,32,33). The molecule has 0 spiro atoms. The summed E-state index contributed by atoms with van der Waals surface area (Å²) >= 11 is 0. The first-order valence-corrected chi connectivity index (χ1v) is 12.9. The largest absolute Gasteiger partial charge is 0.481 e. The number of carboxylic acid groups (broad SMARTS) is 1. The minimum absolute atomic E-state index is 0.00747. The van der Waals surface area contributed by atoms with E-state index in [4.69, 9.17) is 0 Å². The number of ketones is 1. The highest BCUT2D eigenvalue weighted by molar-refractivity contribution is 7.91. The van der Waals surface area contributed by atoms with E-state index >= 15 is 0 Å². The van der Waals surface area contributed by atoms with Crippen LogP contribution < -0.4 is 0 Å². The molecule has 8 nitrogen and oxygen atoms in total. The highest BCUT2D eigenvalue weighted by atomic mass is 32.2. The van der Waals surface area contributed by atoms with Crippen molar-refractivity contribution in [2.24, 2.45) is 5.92 Å². The fraction of sp³-hybridized carbons (Fsp3) is 0.185. The Balaban J connectivity index is 1.39. The van der Waals surface area contributed by atoms with Gasteiger partial charge in [-0.05, 0) is 49.2 Å². The molecule has 0 saturated heterocycles. The van der Waals surface area contributed by atoms with Crippen LogP contribution in [-0.2, 0) is 14.6 Å². The van der Waals surface area contributed by atoms with Crippen molar-refractivity contribution in [3.63, 3.8) is 0 Å². The van der Waals surface area contributed by atoms with Gasteiger partial charge in [0, 0.05) is 17.7 Å². The monoisotopic (exact) mass is 505 g/mol. The molecule has 1 aliphatic heterocycles. The molecule has 1 N–H and O–H groups in total. The normalized spacial score (nSPS) is 13.9. The van der Waals surface area contributed by atoms with Gasteiger partial charge in [-0.25, -0.2) is 8.42 Å². The molecule has 1 atom stereocenters. The Hall–Kier alpha value is -4.11. The summed E-state index contributed by atoms with van der Waals surface area (Å²) < 4.78 is 25.8. The van der Waals surface area contributed by atoms with E-state index < -0.39 is 39.3 Å². The van der Waals surface area contributed by atoms with E-state index in [-0.39, 0.29) is 30.1 Å². The molecular formula is C27H23NO7S. The minimum Gasteiger partial charge on any atom is -0.481 e. The van der Waals surface area contributed by atoms with Crippen LogP contribution in [0.1, 0.15) is 49.5 Å². The SMILES string of the molecule is O=C(c1ccccc1)c1ccc(S(=O)(=O)CC(CCCN2C(=O)c3ccccc3C2=O)C(=O)O)cc1. The summed E-state index contributed by atoms with van der Waals surface area (Å²) in [6.45, 7) is -0.00747. The smallest absolute Gasteiger partial charge is 0.307 e. The molecule has 0 aromatic heterocycles. The zero-order valence-electron chi connectivity index (χ0n) is 19.2. The van der Waals surface area contributed by atoms with Gasteiger partial charge >= 0.3 is 5.97 Å². The predicted molar refractivity (Wildman–Crippen MR) is 131 cm³/mol. The van der Waals surface area contributed by atoms with Crippen LogP contribution in [0.5, 0.6) is 0 Å². The van der Waals surface area contributed by atoms with Crippen LogP contribution in [0.25, 0.3) is 0 Å². The molecule has 3 aromatic rings. The van der Waals surface area contributed by atoms with Crippen molar-refractivity contribution < 1.29 is 32.7 Å². The van der Waals surface area contributed by atoms with Gasteiger partial charge in [-0.1, -0.05) is 42.5 Å². The number of aliphatic carboxylic acids is 1. The molecule has 0 radical (unpaired) electrons. The Bertz CT molecular complexity index is 1400. The summed E-state index contributed by atoms with van der Waals surface area (Å²) in [5.41, 5.74) is 1.39. The van der Waals surface area contributed by atoms with E-state index in [9.17, 15) is 32.7 Å². The van der Waals surface area contributed by atoms with Crippen LogP contribution in [0.15, 0.2) is 83.8 Å². The molecule has 36 heavy (non-hydrogen) atoms. The van der Waals surface area contributed by atoms with Gasteiger partial charge in [-0.3, -0.25) is 24.1 Å². The number of amides is 2. The van der Waals surface area contributed by atoms with E-state index in [1.54, 1.807) is 54.6 Å². The molecular weight excluding hydrogens is 482 g/mol. The van der Waals surface area contributed by atoms with Crippen LogP contribution in [0, 0.1) is 5.92 Å². The number of rotatable bonds is 10. The summed E-state index contributed by atoms with van der Waals surface area (Å²) in [4.78, 5) is 50.2. The lowest BCUT2D eigenvalue weighted by Crippen LogP contribution is -2.32. The molecule has 1 heterocycles. The molecule has 1 unspecified atom stereocenters. The third-order valence-corrected chi connectivity index (χ3v) is 7.93. The Morgan fingerprint density at radius 3 is 1.86 bits per heavy atom. The summed E-state index contributed by atoms with van der Waals surface area (Å²) in [5, 5.41) is 9.61. The Labute approximate surface area is 208 Å². The van der Waals surface area contributed by atoms with E-state index in [2.05, 4.69) is 0 Å². The summed E-state index contributed by atoms with van der Waals surface area (Å²) in [7, 11) is -3.97. The summed E-state index contributed by atoms with van der Waals surface area (Å²) in [6.07, 6.45) is 0.106. The van der Waals surface area contributed by atoms with Crippen molar-refractivity contribution in [1.29, 1.82) is 0 Å². The number of hydrogen-bond donors (Lipinski definition) is 1. The molecule has 4 rings (SSSR count). The van der Waals surface area contributed by atoms with Gasteiger partial charge in [0.25, 0.3) is 11.8 Å².